The van der Waals surface area contributed by atoms with Crippen LogP contribution in [0.2, 0.25) is 10.0 Å². The molecule has 0 unspecified atom stereocenters. The molecule has 2 aromatic carbocycles. The molecule has 144 valence electrons. The van der Waals surface area contributed by atoms with Crippen LogP contribution in [0, 0.1) is 0 Å². The van der Waals surface area contributed by atoms with Crippen molar-refractivity contribution in [1.82, 2.24) is 9.62 Å². The van der Waals surface area contributed by atoms with E-state index in [1.54, 1.807) is 4.90 Å². The number of amides is 1. The van der Waals surface area contributed by atoms with Crippen LogP contribution in [0.5, 0.6) is 0 Å². The van der Waals surface area contributed by atoms with Gasteiger partial charge in [-0.25, -0.2) is 13.1 Å². The average Bonchev–Trinajstić information content (AvgIpc) is 2.68. The van der Waals surface area contributed by atoms with Crippen molar-refractivity contribution in [3.05, 3.63) is 58.1 Å². The molecule has 1 N–H and O–H groups in total. The van der Waals surface area contributed by atoms with E-state index in [1.165, 1.54) is 25.2 Å². The second-order valence-electron chi connectivity index (χ2n) is 6.11. The minimum atomic E-state index is -3.65. The Bertz CT molecular complexity index is 958. The maximum atomic E-state index is 12.9. The van der Waals surface area contributed by atoms with Crippen LogP contribution < -0.4 is 9.62 Å². The van der Waals surface area contributed by atoms with Crippen LogP contribution in [0.1, 0.15) is 10.4 Å². The van der Waals surface area contributed by atoms with Crippen LogP contribution in [-0.2, 0) is 10.0 Å². The van der Waals surface area contributed by atoms with Gasteiger partial charge in [0.1, 0.15) is 0 Å². The summed E-state index contributed by atoms with van der Waals surface area (Å²) in [6.07, 6.45) is 0. The number of rotatable bonds is 4. The zero-order chi connectivity index (χ0) is 19.6. The molecule has 1 saturated heterocycles. The van der Waals surface area contributed by atoms with Gasteiger partial charge in [0.25, 0.3) is 5.91 Å². The van der Waals surface area contributed by atoms with Gasteiger partial charge in [0.15, 0.2) is 0 Å². The summed E-state index contributed by atoms with van der Waals surface area (Å²) >= 11 is 12.2. The quantitative estimate of drug-likeness (QED) is 0.813. The Morgan fingerprint density at radius 2 is 1.74 bits per heavy atom. The first-order valence-corrected chi connectivity index (χ1v) is 10.6. The molecular weight excluding hydrogens is 409 g/mol. The number of carbonyl (C=O) groups is 1. The molecule has 1 aliphatic heterocycles. The number of anilines is 1. The fourth-order valence-electron chi connectivity index (χ4n) is 2.96. The topological polar surface area (TPSA) is 69.7 Å². The maximum Gasteiger partial charge on any atom is 0.255 e. The lowest BCUT2D eigenvalue weighted by Gasteiger charge is -2.36. The Morgan fingerprint density at radius 1 is 1.04 bits per heavy atom. The third-order valence-electron chi connectivity index (χ3n) is 4.49. The van der Waals surface area contributed by atoms with Crippen LogP contribution in [-0.4, -0.2) is 52.5 Å². The second kappa shape index (κ2) is 8.06. The summed E-state index contributed by atoms with van der Waals surface area (Å²) in [5.74, 6) is -0.279. The monoisotopic (exact) mass is 427 g/mol. The van der Waals surface area contributed by atoms with Crippen molar-refractivity contribution in [2.24, 2.45) is 0 Å². The number of hydrogen-bond acceptors (Lipinski definition) is 4. The molecule has 0 spiro atoms. The lowest BCUT2D eigenvalue weighted by atomic mass is 10.1. The standard InChI is InChI=1S/C18H19Cl2N3O3S/c1-21-27(25,26)15-5-6-17(20)16(12-15)18(24)23-9-7-22(8-10-23)14-4-2-3-13(19)11-14/h2-6,11-12,21H,7-10H2,1H3. The van der Waals surface area contributed by atoms with E-state index in [1.807, 2.05) is 24.3 Å². The molecule has 9 heteroatoms. The highest BCUT2D eigenvalue weighted by molar-refractivity contribution is 7.89. The number of nitrogens with zero attached hydrogens (tertiary/aromatic N) is 2. The summed E-state index contributed by atoms with van der Waals surface area (Å²) in [5, 5.41) is 0.896. The summed E-state index contributed by atoms with van der Waals surface area (Å²) in [4.78, 5) is 16.7. The minimum Gasteiger partial charge on any atom is -0.368 e. The number of halogens is 2. The Labute approximate surface area is 168 Å². The smallest absolute Gasteiger partial charge is 0.255 e. The SMILES string of the molecule is CNS(=O)(=O)c1ccc(Cl)c(C(=O)N2CCN(c3cccc(Cl)c3)CC2)c1. The van der Waals surface area contributed by atoms with E-state index < -0.39 is 10.0 Å². The first-order chi connectivity index (χ1) is 12.8. The van der Waals surface area contributed by atoms with Gasteiger partial charge in [0.05, 0.1) is 15.5 Å². The molecule has 1 heterocycles. The van der Waals surface area contributed by atoms with Crippen LogP contribution >= 0.6 is 23.2 Å². The first kappa shape index (κ1) is 19.9. The number of hydrogen-bond donors (Lipinski definition) is 1. The van der Waals surface area contributed by atoms with Gasteiger partial charge in [0.2, 0.25) is 10.0 Å². The zero-order valence-corrected chi connectivity index (χ0v) is 17.0. The van der Waals surface area contributed by atoms with Crippen molar-refractivity contribution < 1.29 is 13.2 Å². The van der Waals surface area contributed by atoms with Crippen LogP contribution in [0.3, 0.4) is 0 Å². The molecule has 1 fully saturated rings. The van der Waals surface area contributed by atoms with Crippen molar-refractivity contribution in [2.75, 3.05) is 38.1 Å². The lowest BCUT2D eigenvalue weighted by molar-refractivity contribution is 0.0746. The van der Waals surface area contributed by atoms with Gasteiger partial charge in [-0.1, -0.05) is 29.3 Å². The average molecular weight is 428 g/mol. The molecule has 6 nitrogen and oxygen atoms in total. The summed E-state index contributed by atoms with van der Waals surface area (Å²) in [5.41, 5.74) is 1.19. The highest BCUT2D eigenvalue weighted by atomic mass is 35.5. The molecule has 1 aliphatic rings. The highest BCUT2D eigenvalue weighted by Gasteiger charge is 2.25. The van der Waals surface area contributed by atoms with E-state index in [9.17, 15) is 13.2 Å². The summed E-state index contributed by atoms with van der Waals surface area (Å²) in [6.45, 7) is 2.31. The van der Waals surface area contributed by atoms with Gasteiger partial charge in [-0.05, 0) is 43.4 Å². The molecule has 0 aromatic heterocycles. The Kier molecular flexibility index (Phi) is 5.95. The largest absolute Gasteiger partial charge is 0.368 e. The van der Waals surface area contributed by atoms with E-state index in [2.05, 4.69) is 9.62 Å². The van der Waals surface area contributed by atoms with E-state index in [4.69, 9.17) is 23.2 Å². The zero-order valence-electron chi connectivity index (χ0n) is 14.7. The predicted molar refractivity (Wildman–Crippen MR) is 107 cm³/mol. The van der Waals surface area contributed by atoms with Crippen molar-refractivity contribution >= 4 is 44.8 Å². The summed E-state index contributed by atoms with van der Waals surface area (Å²) in [7, 11) is -2.33. The van der Waals surface area contributed by atoms with E-state index in [0.717, 1.165) is 5.69 Å². The number of nitrogens with one attached hydrogen (secondary N) is 1. The van der Waals surface area contributed by atoms with Gasteiger partial charge in [0, 0.05) is 36.9 Å². The van der Waals surface area contributed by atoms with E-state index in [0.29, 0.717) is 31.2 Å². The van der Waals surface area contributed by atoms with Crippen molar-refractivity contribution in [3.8, 4) is 0 Å². The molecule has 0 saturated carbocycles. The normalized spacial score (nSPS) is 15.1. The first-order valence-electron chi connectivity index (χ1n) is 8.35. The van der Waals surface area contributed by atoms with Gasteiger partial charge in [-0.2, -0.15) is 0 Å². The fourth-order valence-corrected chi connectivity index (χ4v) is 4.10. The fraction of sp³-hybridized carbons (Fsp3) is 0.278. The number of carbonyl (C=O) groups excluding carboxylic acids is 1. The van der Waals surface area contributed by atoms with Crippen LogP contribution in [0.4, 0.5) is 5.69 Å². The van der Waals surface area contributed by atoms with Crippen molar-refractivity contribution in [3.63, 3.8) is 0 Å². The van der Waals surface area contributed by atoms with Gasteiger partial charge < -0.3 is 9.80 Å². The van der Waals surface area contributed by atoms with Crippen LogP contribution in [0.25, 0.3) is 0 Å². The molecule has 27 heavy (non-hydrogen) atoms. The van der Waals surface area contributed by atoms with E-state index in [-0.39, 0.29) is 21.4 Å². The molecule has 0 bridgehead atoms. The molecule has 0 atom stereocenters. The molecule has 3 rings (SSSR count). The molecule has 2 aromatic rings. The second-order valence-corrected chi connectivity index (χ2v) is 8.84. The lowest BCUT2D eigenvalue weighted by Crippen LogP contribution is -2.48. The van der Waals surface area contributed by atoms with Crippen molar-refractivity contribution in [2.45, 2.75) is 4.90 Å². The Hall–Kier alpha value is -1.80. The number of piperazine rings is 1. The van der Waals surface area contributed by atoms with Crippen LogP contribution in [0.15, 0.2) is 47.4 Å². The van der Waals surface area contributed by atoms with Gasteiger partial charge in [-0.15, -0.1) is 0 Å². The van der Waals surface area contributed by atoms with Crippen molar-refractivity contribution in [1.29, 1.82) is 0 Å². The Morgan fingerprint density at radius 3 is 2.37 bits per heavy atom. The summed E-state index contributed by atoms with van der Waals surface area (Å²) < 4.78 is 26.2. The molecule has 0 radical (unpaired) electrons. The summed E-state index contributed by atoms with van der Waals surface area (Å²) in [6, 6.07) is 11.7. The molecular formula is C18H19Cl2N3O3S. The number of benzene rings is 2. The highest BCUT2D eigenvalue weighted by Crippen LogP contribution is 2.24. The Balaban J connectivity index is 1.75. The van der Waals surface area contributed by atoms with Gasteiger partial charge in [-0.3, -0.25) is 4.79 Å². The molecule has 1 amide bonds. The van der Waals surface area contributed by atoms with Gasteiger partial charge >= 0.3 is 0 Å². The maximum absolute atomic E-state index is 12.9. The number of sulfonamides is 1. The molecule has 0 aliphatic carbocycles. The minimum absolute atomic E-state index is 0.00955. The third kappa shape index (κ3) is 4.38. The third-order valence-corrected chi connectivity index (χ3v) is 6.46. The predicted octanol–water partition coefficient (Wildman–Crippen LogP) is 2.86. The van der Waals surface area contributed by atoms with E-state index >= 15 is 0 Å².